The lowest BCUT2D eigenvalue weighted by molar-refractivity contribution is -0.117. The maximum Gasteiger partial charge on any atom is 0.151 e. The Morgan fingerprint density at radius 3 is 2.47 bits per heavy atom. The molecule has 0 saturated carbocycles. The van der Waals surface area contributed by atoms with Gasteiger partial charge in [-0.1, -0.05) is 18.2 Å². The van der Waals surface area contributed by atoms with Gasteiger partial charge in [-0.15, -0.1) is 0 Å². The lowest BCUT2D eigenvalue weighted by atomic mass is 10.1. The molecule has 0 N–H and O–H groups in total. The summed E-state index contributed by atoms with van der Waals surface area (Å²) >= 11 is 0. The molecule has 0 aliphatic carbocycles. The predicted octanol–water partition coefficient (Wildman–Crippen LogP) is 2.80. The molecule has 0 heterocycles. The molecule has 15 heavy (non-hydrogen) atoms. The first-order chi connectivity index (χ1) is 7.07. The maximum atomic E-state index is 11.4. The Kier molecular flexibility index (Phi) is 3.89. The summed E-state index contributed by atoms with van der Waals surface area (Å²) in [5.41, 5.74) is 2.37. The van der Waals surface area contributed by atoms with Crippen molar-refractivity contribution < 1.29 is 4.79 Å². The second-order valence-electron chi connectivity index (χ2n) is 3.86. The monoisotopic (exact) mass is 205 g/mol. The molecular formula is C13H19NO. The fraction of sp³-hybridized carbons (Fsp3) is 0.462. The van der Waals surface area contributed by atoms with Gasteiger partial charge in [0, 0.05) is 12.2 Å². The molecule has 0 aliphatic rings. The highest BCUT2D eigenvalue weighted by molar-refractivity contribution is 5.84. The third-order valence-corrected chi connectivity index (χ3v) is 2.82. The van der Waals surface area contributed by atoms with Gasteiger partial charge in [0.25, 0.3) is 0 Å². The van der Waals surface area contributed by atoms with Crippen molar-refractivity contribution in [1.82, 2.24) is 0 Å². The first-order valence-electron chi connectivity index (χ1n) is 5.40. The van der Waals surface area contributed by atoms with Gasteiger partial charge in [-0.3, -0.25) is 4.79 Å². The van der Waals surface area contributed by atoms with Crippen LogP contribution in [0.3, 0.4) is 0 Å². The zero-order valence-electron chi connectivity index (χ0n) is 9.95. The number of anilines is 1. The molecule has 0 bridgehead atoms. The number of para-hydroxylation sites is 1. The van der Waals surface area contributed by atoms with Crippen molar-refractivity contribution in [3.8, 4) is 0 Å². The zero-order chi connectivity index (χ0) is 11.4. The Labute approximate surface area is 91.9 Å². The van der Waals surface area contributed by atoms with Gasteiger partial charge in [0.1, 0.15) is 0 Å². The van der Waals surface area contributed by atoms with Gasteiger partial charge in [-0.25, -0.2) is 0 Å². The van der Waals surface area contributed by atoms with Crippen molar-refractivity contribution in [2.45, 2.75) is 33.7 Å². The van der Waals surface area contributed by atoms with E-state index in [4.69, 9.17) is 0 Å². The van der Waals surface area contributed by atoms with E-state index in [2.05, 4.69) is 30.9 Å². The number of benzene rings is 1. The summed E-state index contributed by atoms with van der Waals surface area (Å²) < 4.78 is 0. The SMILES string of the molecule is CCN(c1ccccc1C)C(C)C(C)=O. The van der Waals surface area contributed by atoms with E-state index in [0.29, 0.717) is 0 Å². The summed E-state index contributed by atoms with van der Waals surface area (Å²) in [5.74, 6) is 0.208. The van der Waals surface area contributed by atoms with Gasteiger partial charge < -0.3 is 4.90 Å². The van der Waals surface area contributed by atoms with Crippen LogP contribution >= 0.6 is 0 Å². The van der Waals surface area contributed by atoms with Gasteiger partial charge in [-0.05, 0) is 39.3 Å². The van der Waals surface area contributed by atoms with E-state index >= 15 is 0 Å². The number of hydrogen-bond acceptors (Lipinski definition) is 2. The molecule has 82 valence electrons. The summed E-state index contributed by atoms with van der Waals surface area (Å²) in [6.07, 6.45) is 0. The molecule has 1 atom stereocenters. The van der Waals surface area contributed by atoms with E-state index in [9.17, 15) is 4.79 Å². The molecule has 2 heteroatoms. The van der Waals surface area contributed by atoms with Crippen LogP contribution in [0, 0.1) is 6.92 Å². The van der Waals surface area contributed by atoms with Crippen LogP contribution in [0.4, 0.5) is 5.69 Å². The van der Waals surface area contributed by atoms with Gasteiger partial charge in [0.2, 0.25) is 0 Å². The van der Waals surface area contributed by atoms with E-state index < -0.39 is 0 Å². The Morgan fingerprint density at radius 2 is 2.00 bits per heavy atom. The van der Waals surface area contributed by atoms with E-state index in [-0.39, 0.29) is 11.8 Å². The third-order valence-electron chi connectivity index (χ3n) is 2.82. The molecule has 0 aliphatic heterocycles. The number of ketones is 1. The molecule has 1 aromatic carbocycles. The summed E-state index contributed by atoms with van der Waals surface area (Å²) in [7, 11) is 0. The summed E-state index contributed by atoms with van der Waals surface area (Å²) in [6.45, 7) is 8.60. The fourth-order valence-electron chi connectivity index (χ4n) is 1.76. The minimum Gasteiger partial charge on any atom is -0.362 e. The molecule has 0 fully saturated rings. The van der Waals surface area contributed by atoms with Crippen LogP contribution < -0.4 is 4.90 Å². The molecule has 0 aromatic heterocycles. The second-order valence-corrected chi connectivity index (χ2v) is 3.86. The van der Waals surface area contributed by atoms with Crippen molar-refractivity contribution >= 4 is 11.5 Å². The summed E-state index contributed by atoms with van der Waals surface area (Å²) in [6, 6.07) is 8.13. The Bertz CT molecular complexity index is 346. The number of Topliss-reactive ketones (excluding diaryl/α,β-unsaturated/α-hetero) is 1. The van der Waals surface area contributed by atoms with Crippen LogP contribution in [0.25, 0.3) is 0 Å². The number of carbonyl (C=O) groups is 1. The summed E-state index contributed by atoms with van der Waals surface area (Å²) in [5, 5.41) is 0. The van der Waals surface area contributed by atoms with E-state index in [1.807, 2.05) is 19.1 Å². The van der Waals surface area contributed by atoms with Crippen LogP contribution in [0.1, 0.15) is 26.3 Å². The van der Waals surface area contributed by atoms with Crippen molar-refractivity contribution in [3.63, 3.8) is 0 Å². The smallest absolute Gasteiger partial charge is 0.151 e. The molecule has 0 saturated heterocycles. The number of hydrogen-bond donors (Lipinski definition) is 0. The van der Waals surface area contributed by atoms with Crippen molar-refractivity contribution in [2.24, 2.45) is 0 Å². The molecule has 2 nitrogen and oxygen atoms in total. The second kappa shape index (κ2) is 4.96. The molecular weight excluding hydrogens is 186 g/mol. The van der Waals surface area contributed by atoms with E-state index in [1.54, 1.807) is 6.92 Å². The molecule has 0 spiro atoms. The fourth-order valence-corrected chi connectivity index (χ4v) is 1.76. The van der Waals surface area contributed by atoms with Crippen molar-refractivity contribution in [2.75, 3.05) is 11.4 Å². The van der Waals surface area contributed by atoms with Crippen molar-refractivity contribution in [1.29, 1.82) is 0 Å². The van der Waals surface area contributed by atoms with Crippen LogP contribution in [-0.2, 0) is 4.79 Å². The highest BCUT2D eigenvalue weighted by Crippen LogP contribution is 2.21. The van der Waals surface area contributed by atoms with Crippen LogP contribution in [0.2, 0.25) is 0 Å². The standard InChI is InChI=1S/C13H19NO/c1-5-14(11(3)12(4)15)13-9-7-6-8-10(13)2/h6-9,11H,5H2,1-4H3. The van der Waals surface area contributed by atoms with Gasteiger partial charge in [0.15, 0.2) is 5.78 Å². The minimum absolute atomic E-state index is 0.0453. The van der Waals surface area contributed by atoms with Gasteiger partial charge in [-0.2, -0.15) is 0 Å². The Hall–Kier alpha value is -1.31. The third kappa shape index (κ3) is 2.58. The van der Waals surface area contributed by atoms with E-state index in [0.717, 1.165) is 12.2 Å². The average Bonchev–Trinajstić information content (AvgIpc) is 2.21. The van der Waals surface area contributed by atoms with Crippen molar-refractivity contribution in [3.05, 3.63) is 29.8 Å². The molecule has 1 aromatic rings. The number of nitrogens with zero attached hydrogens (tertiary/aromatic N) is 1. The number of rotatable bonds is 4. The predicted molar refractivity (Wildman–Crippen MR) is 64.3 cm³/mol. The minimum atomic E-state index is -0.0453. The highest BCUT2D eigenvalue weighted by Gasteiger charge is 2.17. The number of carbonyl (C=O) groups excluding carboxylic acids is 1. The first-order valence-corrected chi connectivity index (χ1v) is 5.40. The quantitative estimate of drug-likeness (QED) is 0.753. The number of likely N-dealkylation sites (N-methyl/N-ethyl adjacent to an activating group) is 1. The van der Waals surface area contributed by atoms with Crippen LogP contribution in [-0.4, -0.2) is 18.4 Å². The lowest BCUT2D eigenvalue weighted by Crippen LogP contribution is -2.38. The Morgan fingerprint density at radius 1 is 1.40 bits per heavy atom. The molecule has 0 amide bonds. The lowest BCUT2D eigenvalue weighted by Gasteiger charge is -2.29. The molecule has 0 radical (unpaired) electrons. The van der Waals surface area contributed by atoms with E-state index in [1.165, 1.54) is 5.56 Å². The topological polar surface area (TPSA) is 20.3 Å². The normalized spacial score (nSPS) is 12.3. The first kappa shape index (κ1) is 11.8. The van der Waals surface area contributed by atoms with Crippen LogP contribution in [0.5, 0.6) is 0 Å². The molecule has 1 rings (SSSR count). The maximum absolute atomic E-state index is 11.4. The average molecular weight is 205 g/mol. The van der Waals surface area contributed by atoms with Crippen LogP contribution in [0.15, 0.2) is 24.3 Å². The largest absolute Gasteiger partial charge is 0.362 e. The van der Waals surface area contributed by atoms with Gasteiger partial charge >= 0.3 is 0 Å². The highest BCUT2D eigenvalue weighted by atomic mass is 16.1. The number of aryl methyl sites for hydroxylation is 1. The van der Waals surface area contributed by atoms with Gasteiger partial charge in [0.05, 0.1) is 6.04 Å². The zero-order valence-corrected chi connectivity index (χ0v) is 9.95. The Balaban J connectivity index is 3.02. The summed E-state index contributed by atoms with van der Waals surface area (Å²) in [4.78, 5) is 13.5. The molecule has 1 unspecified atom stereocenters.